The summed E-state index contributed by atoms with van der Waals surface area (Å²) < 4.78 is 11.6. The van der Waals surface area contributed by atoms with E-state index in [1.807, 2.05) is 48.5 Å². The largest absolute Gasteiger partial charge is 0.494 e. The number of aryl methyl sites for hydroxylation is 1. The van der Waals surface area contributed by atoms with Gasteiger partial charge in [0.2, 0.25) is 0 Å². The Bertz CT molecular complexity index is 543. The predicted octanol–water partition coefficient (Wildman–Crippen LogP) is 6.53. The average Bonchev–Trinajstić information content (AvgIpc) is 2.58. The second-order valence-corrected chi connectivity index (χ2v) is 6.00. The first-order valence-corrected chi connectivity index (χ1v) is 8.75. The lowest BCUT2D eigenvalue weighted by Crippen LogP contribution is -1.97. The molecule has 0 spiro atoms. The molecule has 0 aliphatic heterocycles. The van der Waals surface area contributed by atoms with Gasteiger partial charge in [0.1, 0.15) is 17.2 Å². The molecule has 2 heteroatoms. The van der Waals surface area contributed by atoms with Gasteiger partial charge in [0.05, 0.1) is 6.61 Å². The second-order valence-electron chi connectivity index (χ2n) is 6.00. The third-order valence-corrected chi connectivity index (χ3v) is 3.85. The monoisotopic (exact) mass is 312 g/mol. The zero-order chi connectivity index (χ0) is 16.3. The number of hydrogen-bond acceptors (Lipinski definition) is 2. The summed E-state index contributed by atoms with van der Waals surface area (Å²) in [6.07, 6.45) is 7.71. The van der Waals surface area contributed by atoms with E-state index >= 15 is 0 Å². The molecule has 0 aliphatic rings. The molecule has 0 unspecified atom stereocenters. The highest BCUT2D eigenvalue weighted by Gasteiger charge is 1.99. The van der Waals surface area contributed by atoms with Crippen LogP contribution in [0, 0.1) is 6.92 Å². The standard InChI is InChI=1S/C21H28O2/c1-3-4-5-6-7-8-17-22-19-13-15-21(16-14-19)23-20-11-9-18(2)10-12-20/h9-16H,3-8,17H2,1-2H3. The van der Waals surface area contributed by atoms with Crippen LogP contribution in [0.15, 0.2) is 48.5 Å². The fraction of sp³-hybridized carbons (Fsp3) is 0.429. The fourth-order valence-corrected chi connectivity index (χ4v) is 2.42. The molecule has 2 aromatic rings. The molecule has 0 fully saturated rings. The van der Waals surface area contributed by atoms with E-state index in [9.17, 15) is 0 Å². The van der Waals surface area contributed by atoms with E-state index < -0.39 is 0 Å². The van der Waals surface area contributed by atoms with Gasteiger partial charge in [0, 0.05) is 0 Å². The predicted molar refractivity (Wildman–Crippen MR) is 96.6 cm³/mol. The van der Waals surface area contributed by atoms with Crippen LogP contribution in [0.4, 0.5) is 0 Å². The van der Waals surface area contributed by atoms with Gasteiger partial charge in [0.25, 0.3) is 0 Å². The Labute approximate surface area is 140 Å². The summed E-state index contributed by atoms with van der Waals surface area (Å²) in [6.45, 7) is 5.11. The van der Waals surface area contributed by atoms with Gasteiger partial charge in [-0.1, -0.05) is 56.7 Å². The second kappa shape index (κ2) is 9.94. The molecule has 0 amide bonds. The Morgan fingerprint density at radius 3 is 1.83 bits per heavy atom. The Balaban J connectivity index is 1.69. The summed E-state index contributed by atoms with van der Waals surface area (Å²) in [5.74, 6) is 2.60. The molecule has 0 bridgehead atoms. The number of benzene rings is 2. The maximum Gasteiger partial charge on any atom is 0.127 e. The maximum absolute atomic E-state index is 5.81. The van der Waals surface area contributed by atoms with Gasteiger partial charge < -0.3 is 9.47 Å². The third kappa shape index (κ3) is 6.77. The summed E-state index contributed by atoms with van der Waals surface area (Å²) in [7, 11) is 0. The van der Waals surface area contributed by atoms with Gasteiger partial charge in [-0.15, -0.1) is 0 Å². The highest BCUT2D eigenvalue weighted by Crippen LogP contribution is 2.24. The summed E-state index contributed by atoms with van der Waals surface area (Å²) in [6, 6.07) is 15.9. The number of rotatable bonds is 10. The summed E-state index contributed by atoms with van der Waals surface area (Å²) in [5, 5.41) is 0. The van der Waals surface area contributed by atoms with Crippen LogP contribution in [0.25, 0.3) is 0 Å². The lowest BCUT2D eigenvalue weighted by Gasteiger charge is -2.09. The van der Waals surface area contributed by atoms with Crippen molar-refractivity contribution in [2.24, 2.45) is 0 Å². The van der Waals surface area contributed by atoms with Crippen LogP contribution in [0.1, 0.15) is 51.0 Å². The number of unbranched alkanes of at least 4 members (excludes halogenated alkanes) is 5. The van der Waals surface area contributed by atoms with Gasteiger partial charge in [-0.3, -0.25) is 0 Å². The van der Waals surface area contributed by atoms with E-state index in [0.717, 1.165) is 30.3 Å². The molecule has 0 atom stereocenters. The van der Waals surface area contributed by atoms with Crippen LogP contribution >= 0.6 is 0 Å². The van der Waals surface area contributed by atoms with Crippen molar-refractivity contribution in [2.75, 3.05) is 6.61 Å². The minimum atomic E-state index is 0.796. The highest BCUT2D eigenvalue weighted by atomic mass is 16.5. The van der Waals surface area contributed by atoms with Crippen molar-refractivity contribution in [1.82, 2.24) is 0 Å². The average molecular weight is 312 g/mol. The van der Waals surface area contributed by atoms with Crippen molar-refractivity contribution in [3.63, 3.8) is 0 Å². The van der Waals surface area contributed by atoms with Crippen molar-refractivity contribution < 1.29 is 9.47 Å². The molecule has 2 aromatic carbocycles. The Hall–Kier alpha value is -1.96. The molecule has 0 radical (unpaired) electrons. The molecule has 2 nitrogen and oxygen atoms in total. The van der Waals surface area contributed by atoms with E-state index in [0.29, 0.717) is 0 Å². The van der Waals surface area contributed by atoms with E-state index in [1.54, 1.807) is 0 Å². The van der Waals surface area contributed by atoms with Gasteiger partial charge in [-0.25, -0.2) is 0 Å². The molecular weight excluding hydrogens is 284 g/mol. The molecular formula is C21H28O2. The van der Waals surface area contributed by atoms with Crippen LogP contribution < -0.4 is 9.47 Å². The van der Waals surface area contributed by atoms with Gasteiger partial charge >= 0.3 is 0 Å². The number of hydrogen-bond donors (Lipinski definition) is 0. The molecule has 23 heavy (non-hydrogen) atoms. The Kier molecular flexibility index (Phi) is 7.51. The van der Waals surface area contributed by atoms with Crippen molar-refractivity contribution in [3.8, 4) is 17.2 Å². The molecule has 0 heterocycles. The summed E-state index contributed by atoms with van der Waals surface area (Å²) in [5.41, 5.74) is 1.23. The first-order valence-electron chi connectivity index (χ1n) is 8.75. The lowest BCUT2D eigenvalue weighted by atomic mass is 10.1. The summed E-state index contributed by atoms with van der Waals surface area (Å²) >= 11 is 0. The van der Waals surface area contributed by atoms with Crippen LogP contribution in [0.3, 0.4) is 0 Å². The summed E-state index contributed by atoms with van der Waals surface area (Å²) in [4.78, 5) is 0. The Morgan fingerprint density at radius 2 is 1.17 bits per heavy atom. The zero-order valence-electron chi connectivity index (χ0n) is 14.4. The topological polar surface area (TPSA) is 18.5 Å². The highest BCUT2D eigenvalue weighted by molar-refractivity contribution is 5.36. The zero-order valence-corrected chi connectivity index (χ0v) is 14.4. The SMILES string of the molecule is CCCCCCCCOc1ccc(Oc2ccc(C)cc2)cc1. The minimum absolute atomic E-state index is 0.796. The molecule has 0 saturated carbocycles. The van der Waals surface area contributed by atoms with Crippen molar-refractivity contribution in [3.05, 3.63) is 54.1 Å². The Morgan fingerprint density at radius 1 is 0.652 bits per heavy atom. The van der Waals surface area contributed by atoms with E-state index in [1.165, 1.54) is 37.7 Å². The van der Waals surface area contributed by atoms with E-state index in [4.69, 9.17) is 9.47 Å². The van der Waals surface area contributed by atoms with Gasteiger partial charge in [-0.05, 0) is 49.7 Å². The molecule has 0 aromatic heterocycles. The van der Waals surface area contributed by atoms with Crippen LogP contribution in [0.5, 0.6) is 17.2 Å². The van der Waals surface area contributed by atoms with Crippen molar-refractivity contribution in [1.29, 1.82) is 0 Å². The number of ether oxygens (including phenoxy) is 2. The molecule has 2 rings (SSSR count). The third-order valence-electron chi connectivity index (χ3n) is 3.85. The molecule has 0 N–H and O–H groups in total. The normalized spacial score (nSPS) is 10.5. The van der Waals surface area contributed by atoms with Crippen LogP contribution in [-0.4, -0.2) is 6.61 Å². The van der Waals surface area contributed by atoms with Crippen molar-refractivity contribution >= 4 is 0 Å². The quantitative estimate of drug-likeness (QED) is 0.464. The van der Waals surface area contributed by atoms with E-state index in [2.05, 4.69) is 13.8 Å². The lowest BCUT2D eigenvalue weighted by molar-refractivity contribution is 0.304. The van der Waals surface area contributed by atoms with Crippen LogP contribution in [-0.2, 0) is 0 Å². The first-order chi connectivity index (χ1) is 11.3. The maximum atomic E-state index is 5.81. The fourth-order valence-electron chi connectivity index (χ4n) is 2.42. The minimum Gasteiger partial charge on any atom is -0.494 e. The van der Waals surface area contributed by atoms with Gasteiger partial charge in [-0.2, -0.15) is 0 Å². The van der Waals surface area contributed by atoms with Crippen LogP contribution in [0.2, 0.25) is 0 Å². The van der Waals surface area contributed by atoms with E-state index in [-0.39, 0.29) is 0 Å². The van der Waals surface area contributed by atoms with Gasteiger partial charge in [0.15, 0.2) is 0 Å². The smallest absolute Gasteiger partial charge is 0.127 e. The molecule has 124 valence electrons. The molecule has 0 saturated heterocycles. The van der Waals surface area contributed by atoms with Crippen molar-refractivity contribution in [2.45, 2.75) is 52.4 Å². The first kappa shape index (κ1) is 17.4. The molecule has 0 aliphatic carbocycles.